The van der Waals surface area contributed by atoms with Crippen LogP contribution in [0.3, 0.4) is 0 Å². The second-order valence-electron chi connectivity index (χ2n) is 10.0. The molecule has 7 heteroatoms. The van der Waals surface area contributed by atoms with Gasteiger partial charge < -0.3 is 19.5 Å². The summed E-state index contributed by atoms with van der Waals surface area (Å²) in [7, 11) is 1.63. The van der Waals surface area contributed by atoms with Crippen LogP contribution in [0.5, 0.6) is 17.2 Å². The Balaban J connectivity index is 1.38. The molecule has 0 atom stereocenters. The van der Waals surface area contributed by atoms with Crippen LogP contribution >= 0.6 is 11.3 Å². The fourth-order valence-corrected chi connectivity index (χ4v) is 5.10. The van der Waals surface area contributed by atoms with Gasteiger partial charge in [0, 0.05) is 17.3 Å². The molecule has 3 aromatic rings. The van der Waals surface area contributed by atoms with Crippen LogP contribution in [-0.4, -0.2) is 26.2 Å². The molecular formula is C32H45N2O4S+. The number of unbranched alkanes of at least 4 members (excludes halogenated alkanes) is 9. The first-order chi connectivity index (χ1) is 19.1. The number of amides is 1. The van der Waals surface area contributed by atoms with Crippen molar-refractivity contribution in [2.45, 2.75) is 84.6 Å². The van der Waals surface area contributed by atoms with Crippen molar-refractivity contribution in [1.29, 1.82) is 0 Å². The predicted octanol–water partition coefficient (Wildman–Crippen LogP) is 7.72. The van der Waals surface area contributed by atoms with Crippen molar-refractivity contribution in [2.24, 2.45) is 0 Å². The van der Waals surface area contributed by atoms with Gasteiger partial charge in [0.2, 0.25) is 5.51 Å². The molecule has 3 rings (SSSR count). The quantitative estimate of drug-likeness (QED) is 0.122. The van der Waals surface area contributed by atoms with Gasteiger partial charge in [-0.05, 0) is 37.6 Å². The van der Waals surface area contributed by atoms with Gasteiger partial charge in [0.05, 0.1) is 18.6 Å². The Labute approximate surface area is 238 Å². The molecule has 0 spiro atoms. The highest BCUT2D eigenvalue weighted by Crippen LogP contribution is 2.31. The predicted molar refractivity (Wildman–Crippen MR) is 159 cm³/mol. The summed E-state index contributed by atoms with van der Waals surface area (Å²) in [6.07, 6.45) is 15.0. The molecule has 39 heavy (non-hydrogen) atoms. The van der Waals surface area contributed by atoms with Crippen LogP contribution in [0.2, 0.25) is 0 Å². The minimum atomic E-state index is -0.213. The van der Waals surface area contributed by atoms with Gasteiger partial charge in [-0.1, -0.05) is 88.2 Å². The number of hydrogen-bond donors (Lipinski definition) is 1. The van der Waals surface area contributed by atoms with Crippen molar-refractivity contribution >= 4 is 22.9 Å². The first-order valence-corrected chi connectivity index (χ1v) is 15.2. The van der Waals surface area contributed by atoms with E-state index < -0.39 is 0 Å². The normalized spacial score (nSPS) is 10.8. The maximum absolute atomic E-state index is 12.6. The van der Waals surface area contributed by atoms with E-state index in [9.17, 15) is 4.79 Å². The molecule has 0 radical (unpaired) electrons. The monoisotopic (exact) mass is 553 g/mol. The molecule has 0 bridgehead atoms. The smallest absolute Gasteiger partial charge is 0.262 e. The molecule has 1 aromatic heterocycles. The highest BCUT2D eigenvalue weighted by atomic mass is 32.1. The summed E-state index contributed by atoms with van der Waals surface area (Å²) < 4.78 is 19.4. The zero-order valence-corrected chi connectivity index (χ0v) is 24.7. The highest BCUT2D eigenvalue weighted by Gasteiger charge is 2.11. The fraction of sp³-hybridized carbons (Fsp3) is 0.500. The molecule has 2 aromatic carbocycles. The third kappa shape index (κ3) is 11.7. The van der Waals surface area contributed by atoms with E-state index in [0.717, 1.165) is 24.2 Å². The van der Waals surface area contributed by atoms with Gasteiger partial charge in [0.15, 0.2) is 30.8 Å². The van der Waals surface area contributed by atoms with Crippen LogP contribution in [0.15, 0.2) is 54.2 Å². The summed E-state index contributed by atoms with van der Waals surface area (Å²) in [6, 6.07) is 13.3. The molecule has 1 heterocycles. The number of carbonyl (C=O) groups excluding carboxylic acids is 1. The van der Waals surface area contributed by atoms with Crippen molar-refractivity contribution < 1.29 is 23.6 Å². The number of carbonyl (C=O) groups is 1. The lowest BCUT2D eigenvalue weighted by Crippen LogP contribution is -2.30. The minimum Gasteiger partial charge on any atom is -0.493 e. The molecule has 212 valence electrons. The summed E-state index contributed by atoms with van der Waals surface area (Å²) in [5.74, 6) is 1.66. The summed E-state index contributed by atoms with van der Waals surface area (Å²) >= 11 is 1.72. The zero-order valence-electron chi connectivity index (χ0n) is 23.9. The van der Waals surface area contributed by atoms with E-state index in [4.69, 9.17) is 14.2 Å². The minimum absolute atomic E-state index is 0.0904. The number of aryl methyl sites for hydroxylation is 1. The van der Waals surface area contributed by atoms with Gasteiger partial charge in [0.1, 0.15) is 5.75 Å². The molecular weight excluding hydrogens is 508 g/mol. The van der Waals surface area contributed by atoms with E-state index in [1.807, 2.05) is 24.3 Å². The van der Waals surface area contributed by atoms with Crippen LogP contribution in [0.4, 0.5) is 5.69 Å². The standard InChI is InChI=1S/C32H44N2O4S/c1-4-5-6-7-8-9-10-11-12-13-19-37-31-21-29(17-18-30(31)36-3)38-24-32(35)33-28-16-14-15-27(20-28)23-34-22-26(2)39-25-34/h14-18,20-22,25H,4-13,19,23-24H2,1-3H3/p+1. The Hall–Kier alpha value is -3.06. The van der Waals surface area contributed by atoms with Gasteiger partial charge in [-0.3, -0.25) is 4.79 Å². The van der Waals surface area contributed by atoms with Crippen molar-refractivity contribution in [2.75, 3.05) is 25.6 Å². The molecule has 0 aliphatic heterocycles. The summed E-state index contributed by atoms with van der Waals surface area (Å²) in [5.41, 5.74) is 3.97. The van der Waals surface area contributed by atoms with Crippen LogP contribution in [-0.2, 0) is 11.3 Å². The van der Waals surface area contributed by atoms with Crippen LogP contribution in [0, 0.1) is 6.92 Å². The first-order valence-electron chi connectivity index (χ1n) is 14.3. The molecule has 0 aliphatic rings. The number of nitrogens with zero attached hydrogens (tertiary/aromatic N) is 1. The van der Waals surface area contributed by atoms with E-state index in [-0.39, 0.29) is 12.5 Å². The first kappa shape index (κ1) is 30.5. The Morgan fingerprint density at radius 3 is 2.33 bits per heavy atom. The number of thiazole rings is 1. The zero-order chi connectivity index (χ0) is 27.7. The second-order valence-corrected chi connectivity index (χ2v) is 11.1. The van der Waals surface area contributed by atoms with Crippen LogP contribution < -0.4 is 24.1 Å². The van der Waals surface area contributed by atoms with Crippen LogP contribution in [0.1, 0.15) is 81.6 Å². The van der Waals surface area contributed by atoms with E-state index in [0.29, 0.717) is 23.9 Å². The number of anilines is 1. The Morgan fingerprint density at radius 1 is 0.897 bits per heavy atom. The van der Waals surface area contributed by atoms with Crippen molar-refractivity contribution in [3.8, 4) is 17.2 Å². The maximum atomic E-state index is 12.6. The Morgan fingerprint density at radius 2 is 1.64 bits per heavy atom. The van der Waals surface area contributed by atoms with Crippen molar-refractivity contribution in [1.82, 2.24) is 0 Å². The van der Waals surface area contributed by atoms with Gasteiger partial charge in [0.25, 0.3) is 5.91 Å². The average Bonchev–Trinajstić information content (AvgIpc) is 3.35. The lowest BCUT2D eigenvalue weighted by atomic mass is 10.1. The third-order valence-corrected chi connectivity index (χ3v) is 7.41. The van der Waals surface area contributed by atoms with E-state index in [1.54, 1.807) is 30.6 Å². The molecule has 6 nitrogen and oxygen atoms in total. The molecule has 0 aliphatic carbocycles. The lowest BCUT2D eigenvalue weighted by Gasteiger charge is -2.13. The molecule has 0 fully saturated rings. The Bertz CT molecular complexity index is 1130. The highest BCUT2D eigenvalue weighted by molar-refractivity contribution is 7.09. The third-order valence-electron chi connectivity index (χ3n) is 6.56. The molecule has 1 amide bonds. The fourth-order valence-electron chi connectivity index (χ4n) is 4.46. The van der Waals surface area contributed by atoms with E-state index in [1.165, 1.54) is 62.7 Å². The molecule has 0 saturated carbocycles. The van der Waals surface area contributed by atoms with Gasteiger partial charge in [-0.25, -0.2) is 0 Å². The number of ether oxygens (including phenoxy) is 3. The SMILES string of the molecule is CCCCCCCCCCCCOc1cc(OCC(=O)Nc2cccc(C[n+]3csc(C)c3)c2)ccc1OC. The number of benzene rings is 2. The van der Waals surface area contributed by atoms with Gasteiger partial charge >= 0.3 is 0 Å². The van der Waals surface area contributed by atoms with Gasteiger partial charge in [-0.2, -0.15) is 4.57 Å². The van der Waals surface area contributed by atoms with E-state index in [2.05, 4.69) is 41.5 Å². The van der Waals surface area contributed by atoms with Crippen molar-refractivity contribution in [3.63, 3.8) is 0 Å². The van der Waals surface area contributed by atoms with Crippen LogP contribution in [0.25, 0.3) is 0 Å². The topological polar surface area (TPSA) is 60.7 Å². The van der Waals surface area contributed by atoms with Gasteiger partial charge in [-0.15, -0.1) is 0 Å². The molecule has 0 unspecified atom stereocenters. The number of rotatable bonds is 19. The number of aromatic nitrogens is 1. The maximum Gasteiger partial charge on any atom is 0.262 e. The molecule has 1 N–H and O–H groups in total. The lowest BCUT2D eigenvalue weighted by molar-refractivity contribution is -0.683. The largest absolute Gasteiger partial charge is 0.493 e. The second kappa shape index (κ2) is 17.5. The number of hydrogen-bond acceptors (Lipinski definition) is 5. The summed E-state index contributed by atoms with van der Waals surface area (Å²) in [6.45, 7) is 5.66. The number of nitrogens with one attached hydrogen (secondary N) is 1. The summed E-state index contributed by atoms with van der Waals surface area (Å²) in [4.78, 5) is 13.8. The number of methoxy groups -OCH3 is 1. The van der Waals surface area contributed by atoms with E-state index >= 15 is 0 Å². The molecule has 0 saturated heterocycles. The Kier molecular flexibility index (Phi) is 13.7. The summed E-state index contributed by atoms with van der Waals surface area (Å²) in [5, 5.41) is 2.93. The average molecular weight is 554 g/mol. The van der Waals surface area contributed by atoms with Crippen molar-refractivity contribution in [3.05, 3.63) is 64.6 Å².